The van der Waals surface area contributed by atoms with Crippen LogP contribution in [0.1, 0.15) is 16.1 Å². The average molecular weight is 425 g/mol. The zero-order valence-corrected chi connectivity index (χ0v) is 16.1. The van der Waals surface area contributed by atoms with Crippen LogP contribution in [0.3, 0.4) is 0 Å². The van der Waals surface area contributed by atoms with Crippen LogP contribution < -0.4 is 10.2 Å². The first kappa shape index (κ1) is 18.6. The molecular formula is C20H17BrN4O2. The van der Waals surface area contributed by atoms with Gasteiger partial charge in [-0.1, -0.05) is 30.3 Å². The Balaban J connectivity index is 1.61. The molecule has 136 valence electrons. The van der Waals surface area contributed by atoms with Gasteiger partial charge < -0.3 is 4.74 Å². The molecule has 6 nitrogen and oxygen atoms in total. The van der Waals surface area contributed by atoms with Crippen molar-refractivity contribution in [3.05, 3.63) is 76.4 Å². The lowest BCUT2D eigenvalue weighted by Crippen LogP contribution is -2.17. The lowest BCUT2D eigenvalue weighted by molar-refractivity contribution is 0.0950. The van der Waals surface area contributed by atoms with E-state index in [9.17, 15) is 4.79 Å². The molecule has 2 aromatic carbocycles. The van der Waals surface area contributed by atoms with Crippen molar-refractivity contribution in [3.8, 4) is 17.0 Å². The number of ether oxygens (including phenoxy) is 1. The van der Waals surface area contributed by atoms with Crippen LogP contribution in [0.15, 0.2) is 70.2 Å². The Morgan fingerprint density at radius 1 is 1.19 bits per heavy atom. The standard InChI is InChI=1S/C20H17BrN4O2/c1-27-17-9-7-15(8-10-17)18-12-19(24-23-18)20(26)25-22-13-16(21)11-14-5-3-2-4-6-14/h2-13H,1H3,(H,23,24)(H,25,26)/b16-11-,22-13+. The van der Waals surface area contributed by atoms with E-state index in [1.807, 2.05) is 60.7 Å². The number of methoxy groups -OCH3 is 1. The van der Waals surface area contributed by atoms with Crippen LogP contribution in [-0.2, 0) is 0 Å². The van der Waals surface area contributed by atoms with E-state index in [-0.39, 0.29) is 5.91 Å². The highest BCUT2D eigenvalue weighted by Crippen LogP contribution is 2.21. The number of H-pyrrole nitrogens is 1. The van der Waals surface area contributed by atoms with Gasteiger partial charge in [0.05, 0.1) is 19.0 Å². The predicted octanol–water partition coefficient (Wildman–Crippen LogP) is 4.24. The van der Waals surface area contributed by atoms with Crippen LogP contribution in [0.5, 0.6) is 5.75 Å². The molecule has 2 N–H and O–H groups in total. The van der Waals surface area contributed by atoms with Crippen molar-refractivity contribution in [3.63, 3.8) is 0 Å². The van der Waals surface area contributed by atoms with Gasteiger partial charge in [-0.3, -0.25) is 9.89 Å². The average Bonchev–Trinajstić information content (AvgIpc) is 3.19. The van der Waals surface area contributed by atoms with Crippen LogP contribution in [0, 0.1) is 0 Å². The van der Waals surface area contributed by atoms with Crippen LogP contribution in [0.25, 0.3) is 17.3 Å². The fourth-order valence-corrected chi connectivity index (χ4v) is 2.67. The fourth-order valence-electron chi connectivity index (χ4n) is 2.31. The monoisotopic (exact) mass is 424 g/mol. The first-order valence-corrected chi connectivity index (χ1v) is 8.90. The molecule has 1 aromatic heterocycles. The highest BCUT2D eigenvalue weighted by Gasteiger charge is 2.10. The van der Waals surface area contributed by atoms with Crippen molar-refractivity contribution in [2.75, 3.05) is 7.11 Å². The summed E-state index contributed by atoms with van der Waals surface area (Å²) in [5.41, 5.74) is 5.36. The van der Waals surface area contributed by atoms with Gasteiger partial charge in [-0.2, -0.15) is 10.2 Å². The number of hydrazone groups is 1. The zero-order chi connectivity index (χ0) is 19.1. The van der Waals surface area contributed by atoms with Gasteiger partial charge in [0.15, 0.2) is 0 Å². The Morgan fingerprint density at radius 2 is 1.93 bits per heavy atom. The van der Waals surface area contributed by atoms with E-state index in [1.165, 1.54) is 6.21 Å². The van der Waals surface area contributed by atoms with Crippen LogP contribution in [0.2, 0.25) is 0 Å². The van der Waals surface area contributed by atoms with Gasteiger partial charge in [-0.05, 0) is 57.9 Å². The molecule has 27 heavy (non-hydrogen) atoms. The molecule has 7 heteroatoms. The van der Waals surface area contributed by atoms with E-state index in [0.717, 1.165) is 21.4 Å². The second-order valence-corrected chi connectivity index (χ2v) is 6.45. The zero-order valence-electron chi connectivity index (χ0n) is 14.5. The van der Waals surface area contributed by atoms with Gasteiger partial charge in [0, 0.05) is 10.0 Å². The summed E-state index contributed by atoms with van der Waals surface area (Å²) in [6, 6.07) is 18.9. The van der Waals surface area contributed by atoms with Gasteiger partial charge in [0.2, 0.25) is 0 Å². The molecule has 0 fully saturated rings. The Morgan fingerprint density at radius 3 is 2.63 bits per heavy atom. The molecule has 0 aliphatic heterocycles. The lowest BCUT2D eigenvalue weighted by atomic mass is 10.1. The number of aromatic amines is 1. The molecule has 0 bridgehead atoms. The molecule has 3 aromatic rings. The number of allylic oxidation sites excluding steroid dienone is 1. The number of carbonyl (C=O) groups is 1. The van der Waals surface area contributed by atoms with E-state index in [2.05, 4.69) is 36.7 Å². The second-order valence-electron chi connectivity index (χ2n) is 5.53. The van der Waals surface area contributed by atoms with Crippen molar-refractivity contribution < 1.29 is 9.53 Å². The fraction of sp³-hybridized carbons (Fsp3) is 0.0500. The number of amides is 1. The smallest absolute Gasteiger partial charge is 0.289 e. The van der Waals surface area contributed by atoms with Crippen molar-refractivity contribution in [2.45, 2.75) is 0 Å². The first-order chi connectivity index (χ1) is 13.2. The van der Waals surface area contributed by atoms with Gasteiger partial charge in [0.1, 0.15) is 11.4 Å². The summed E-state index contributed by atoms with van der Waals surface area (Å²) in [5, 5.41) is 10.8. The Kier molecular flexibility index (Phi) is 6.17. The van der Waals surface area contributed by atoms with Crippen molar-refractivity contribution in [1.29, 1.82) is 0 Å². The van der Waals surface area contributed by atoms with E-state index in [1.54, 1.807) is 13.2 Å². The quantitative estimate of drug-likeness (QED) is 0.458. The van der Waals surface area contributed by atoms with Gasteiger partial charge in [0.25, 0.3) is 5.91 Å². The van der Waals surface area contributed by atoms with E-state index >= 15 is 0 Å². The summed E-state index contributed by atoms with van der Waals surface area (Å²) < 4.78 is 5.87. The molecule has 0 saturated heterocycles. The SMILES string of the molecule is COc1ccc(-c2cc(C(=O)N/N=C/C(Br)=C/c3ccccc3)[nH]n2)cc1. The maximum atomic E-state index is 12.2. The molecule has 0 saturated carbocycles. The van der Waals surface area contributed by atoms with Gasteiger partial charge in [-0.15, -0.1) is 0 Å². The number of halogens is 1. The minimum Gasteiger partial charge on any atom is -0.497 e. The highest BCUT2D eigenvalue weighted by molar-refractivity contribution is 9.12. The van der Waals surface area contributed by atoms with Crippen LogP contribution in [-0.4, -0.2) is 29.4 Å². The summed E-state index contributed by atoms with van der Waals surface area (Å²) in [5.74, 6) is 0.384. The maximum Gasteiger partial charge on any atom is 0.289 e. The Labute approximate surface area is 165 Å². The molecular weight excluding hydrogens is 408 g/mol. The van der Waals surface area contributed by atoms with Crippen molar-refractivity contribution >= 4 is 34.1 Å². The third-order valence-corrected chi connectivity index (χ3v) is 4.10. The maximum absolute atomic E-state index is 12.2. The van der Waals surface area contributed by atoms with E-state index in [0.29, 0.717) is 11.4 Å². The lowest BCUT2D eigenvalue weighted by Gasteiger charge is -2.00. The molecule has 3 rings (SSSR count). The van der Waals surface area contributed by atoms with Gasteiger partial charge >= 0.3 is 0 Å². The molecule has 0 aliphatic rings. The number of nitrogens with one attached hydrogen (secondary N) is 2. The first-order valence-electron chi connectivity index (χ1n) is 8.11. The Hall–Kier alpha value is -3.19. The second kappa shape index (κ2) is 8.95. The van der Waals surface area contributed by atoms with E-state index in [4.69, 9.17) is 4.74 Å². The molecule has 0 radical (unpaired) electrons. The minimum atomic E-state index is -0.376. The van der Waals surface area contributed by atoms with Crippen LogP contribution >= 0.6 is 15.9 Å². The minimum absolute atomic E-state index is 0.320. The Bertz CT molecular complexity index is 963. The molecule has 0 atom stereocenters. The van der Waals surface area contributed by atoms with Crippen LogP contribution in [0.4, 0.5) is 0 Å². The number of carbonyl (C=O) groups excluding carboxylic acids is 1. The normalized spacial score (nSPS) is 11.6. The molecule has 0 spiro atoms. The molecule has 0 aliphatic carbocycles. The number of benzene rings is 2. The van der Waals surface area contributed by atoms with Crippen molar-refractivity contribution in [2.24, 2.45) is 5.10 Å². The number of rotatable bonds is 6. The molecule has 0 unspecified atom stereocenters. The summed E-state index contributed by atoms with van der Waals surface area (Å²) in [6.07, 6.45) is 3.42. The summed E-state index contributed by atoms with van der Waals surface area (Å²) in [6.45, 7) is 0. The van der Waals surface area contributed by atoms with E-state index < -0.39 is 0 Å². The summed E-state index contributed by atoms with van der Waals surface area (Å²) >= 11 is 3.40. The predicted molar refractivity (Wildman–Crippen MR) is 110 cm³/mol. The van der Waals surface area contributed by atoms with Crippen molar-refractivity contribution in [1.82, 2.24) is 15.6 Å². The number of nitrogens with zero attached hydrogens (tertiary/aromatic N) is 2. The largest absolute Gasteiger partial charge is 0.497 e. The summed E-state index contributed by atoms with van der Waals surface area (Å²) in [4.78, 5) is 12.2. The van der Waals surface area contributed by atoms with Gasteiger partial charge in [-0.25, -0.2) is 5.43 Å². The summed E-state index contributed by atoms with van der Waals surface area (Å²) in [7, 11) is 1.61. The highest BCUT2D eigenvalue weighted by atomic mass is 79.9. The molecule has 1 heterocycles. The topological polar surface area (TPSA) is 79.4 Å². The molecule has 1 amide bonds. The number of aromatic nitrogens is 2. The third-order valence-electron chi connectivity index (χ3n) is 3.67. The third kappa shape index (κ3) is 5.15. The number of hydrogen-bond donors (Lipinski definition) is 2. The number of hydrogen-bond acceptors (Lipinski definition) is 4.